The van der Waals surface area contributed by atoms with Gasteiger partial charge in [0.05, 0.1) is 0 Å². The van der Waals surface area contributed by atoms with Crippen LogP contribution in [0.1, 0.15) is 36.2 Å². The summed E-state index contributed by atoms with van der Waals surface area (Å²) in [6, 6.07) is 5.66. The van der Waals surface area contributed by atoms with Gasteiger partial charge in [0, 0.05) is 17.7 Å². The molecule has 0 aliphatic carbocycles. The maximum atomic E-state index is 11.4. The van der Waals surface area contributed by atoms with Crippen molar-refractivity contribution >= 4 is 11.5 Å². The SMILES string of the molecule is CCC(=O)c1cc(CC)ccc1N. The zero-order valence-corrected chi connectivity index (χ0v) is 8.13. The van der Waals surface area contributed by atoms with Gasteiger partial charge in [-0.2, -0.15) is 0 Å². The van der Waals surface area contributed by atoms with Crippen LogP contribution in [0.3, 0.4) is 0 Å². The largest absolute Gasteiger partial charge is 0.398 e. The van der Waals surface area contributed by atoms with E-state index in [9.17, 15) is 4.79 Å². The number of rotatable bonds is 3. The number of carbonyl (C=O) groups excluding carboxylic acids is 1. The predicted octanol–water partition coefficient (Wildman–Crippen LogP) is 2.42. The Morgan fingerprint density at radius 3 is 2.62 bits per heavy atom. The quantitative estimate of drug-likeness (QED) is 0.569. The molecular weight excluding hydrogens is 162 g/mol. The lowest BCUT2D eigenvalue weighted by Gasteiger charge is -2.05. The van der Waals surface area contributed by atoms with Gasteiger partial charge >= 0.3 is 0 Å². The molecule has 0 heterocycles. The monoisotopic (exact) mass is 177 g/mol. The van der Waals surface area contributed by atoms with Crippen LogP contribution in [0, 0.1) is 0 Å². The molecule has 0 saturated carbocycles. The van der Waals surface area contributed by atoms with E-state index in [0.717, 1.165) is 12.0 Å². The van der Waals surface area contributed by atoms with Gasteiger partial charge in [0.15, 0.2) is 5.78 Å². The van der Waals surface area contributed by atoms with Gasteiger partial charge in [-0.25, -0.2) is 0 Å². The first-order valence-electron chi connectivity index (χ1n) is 4.60. The van der Waals surface area contributed by atoms with E-state index in [1.54, 1.807) is 0 Å². The van der Waals surface area contributed by atoms with E-state index in [0.29, 0.717) is 17.7 Å². The number of Topliss-reactive ketones (excluding diaryl/α,β-unsaturated/α-hetero) is 1. The smallest absolute Gasteiger partial charge is 0.164 e. The first-order valence-corrected chi connectivity index (χ1v) is 4.60. The maximum Gasteiger partial charge on any atom is 0.164 e. The number of carbonyl (C=O) groups is 1. The molecule has 1 aromatic carbocycles. The highest BCUT2D eigenvalue weighted by Gasteiger charge is 2.07. The summed E-state index contributed by atoms with van der Waals surface area (Å²) in [6.45, 7) is 3.91. The summed E-state index contributed by atoms with van der Waals surface area (Å²) in [5.41, 5.74) is 8.11. The molecule has 0 amide bonds. The van der Waals surface area contributed by atoms with Crippen LogP contribution in [0.2, 0.25) is 0 Å². The average molecular weight is 177 g/mol. The molecule has 0 aromatic heterocycles. The van der Waals surface area contributed by atoms with Gasteiger partial charge in [0.2, 0.25) is 0 Å². The molecule has 2 N–H and O–H groups in total. The van der Waals surface area contributed by atoms with Crippen LogP contribution in [0.15, 0.2) is 18.2 Å². The van der Waals surface area contributed by atoms with Crippen LogP contribution < -0.4 is 5.73 Å². The molecule has 13 heavy (non-hydrogen) atoms. The first-order chi connectivity index (χ1) is 6.19. The lowest BCUT2D eigenvalue weighted by Crippen LogP contribution is -2.03. The number of nitrogens with two attached hydrogens (primary N) is 1. The Morgan fingerprint density at radius 1 is 1.38 bits per heavy atom. The average Bonchev–Trinajstić information content (AvgIpc) is 2.17. The zero-order chi connectivity index (χ0) is 9.84. The molecule has 1 rings (SSSR count). The number of hydrogen-bond donors (Lipinski definition) is 1. The summed E-state index contributed by atoms with van der Waals surface area (Å²) >= 11 is 0. The second kappa shape index (κ2) is 4.08. The van der Waals surface area contributed by atoms with Crippen molar-refractivity contribution in [2.45, 2.75) is 26.7 Å². The van der Waals surface area contributed by atoms with Crippen LogP contribution in [-0.2, 0) is 6.42 Å². The van der Waals surface area contributed by atoms with Gasteiger partial charge in [0.1, 0.15) is 0 Å². The Balaban J connectivity index is 3.11. The van der Waals surface area contributed by atoms with E-state index < -0.39 is 0 Å². The number of benzene rings is 1. The number of ketones is 1. The Bertz CT molecular complexity index is 318. The number of anilines is 1. The molecule has 2 nitrogen and oxygen atoms in total. The van der Waals surface area contributed by atoms with E-state index in [-0.39, 0.29) is 5.78 Å². The molecular formula is C11H15NO. The molecule has 70 valence electrons. The molecule has 0 fully saturated rings. The Hall–Kier alpha value is -1.31. The molecule has 0 bridgehead atoms. The minimum Gasteiger partial charge on any atom is -0.398 e. The highest BCUT2D eigenvalue weighted by Crippen LogP contribution is 2.16. The van der Waals surface area contributed by atoms with Gasteiger partial charge < -0.3 is 5.73 Å². The van der Waals surface area contributed by atoms with Crippen molar-refractivity contribution in [1.82, 2.24) is 0 Å². The molecule has 0 spiro atoms. The van der Waals surface area contributed by atoms with E-state index >= 15 is 0 Å². The highest BCUT2D eigenvalue weighted by molar-refractivity contribution is 6.00. The summed E-state index contributed by atoms with van der Waals surface area (Å²) in [7, 11) is 0. The lowest BCUT2D eigenvalue weighted by atomic mass is 10.0. The van der Waals surface area contributed by atoms with Gasteiger partial charge in [-0.05, 0) is 24.1 Å². The second-order valence-electron chi connectivity index (χ2n) is 3.05. The van der Waals surface area contributed by atoms with Crippen LogP contribution in [-0.4, -0.2) is 5.78 Å². The van der Waals surface area contributed by atoms with E-state index in [4.69, 9.17) is 5.73 Å². The fourth-order valence-corrected chi connectivity index (χ4v) is 1.26. The maximum absolute atomic E-state index is 11.4. The van der Waals surface area contributed by atoms with Crippen molar-refractivity contribution in [2.75, 3.05) is 5.73 Å². The Kier molecular flexibility index (Phi) is 3.07. The van der Waals surface area contributed by atoms with Crippen molar-refractivity contribution in [3.8, 4) is 0 Å². The fraction of sp³-hybridized carbons (Fsp3) is 0.364. The van der Waals surface area contributed by atoms with Crippen molar-refractivity contribution in [3.05, 3.63) is 29.3 Å². The van der Waals surface area contributed by atoms with Gasteiger partial charge in [0.25, 0.3) is 0 Å². The summed E-state index contributed by atoms with van der Waals surface area (Å²) in [5.74, 6) is 0.118. The number of hydrogen-bond acceptors (Lipinski definition) is 2. The molecule has 0 atom stereocenters. The number of aryl methyl sites for hydroxylation is 1. The van der Waals surface area contributed by atoms with Gasteiger partial charge in [-0.1, -0.05) is 19.9 Å². The number of nitrogen functional groups attached to an aromatic ring is 1. The third-order valence-electron chi connectivity index (χ3n) is 2.15. The first kappa shape index (κ1) is 9.78. The Labute approximate surface area is 78.8 Å². The van der Waals surface area contributed by atoms with Crippen LogP contribution in [0.5, 0.6) is 0 Å². The standard InChI is InChI=1S/C11H15NO/c1-3-8-5-6-10(12)9(7-8)11(13)4-2/h5-7H,3-4,12H2,1-2H3. The van der Waals surface area contributed by atoms with Gasteiger partial charge in [-0.15, -0.1) is 0 Å². The summed E-state index contributed by atoms with van der Waals surface area (Å²) in [6.07, 6.45) is 1.45. The summed E-state index contributed by atoms with van der Waals surface area (Å²) in [5, 5.41) is 0. The fourth-order valence-electron chi connectivity index (χ4n) is 1.26. The summed E-state index contributed by atoms with van der Waals surface area (Å²) < 4.78 is 0. The van der Waals surface area contributed by atoms with Crippen molar-refractivity contribution in [1.29, 1.82) is 0 Å². The van der Waals surface area contributed by atoms with Gasteiger partial charge in [-0.3, -0.25) is 4.79 Å². The van der Waals surface area contributed by atoms with Crippen LogP contribution in [0.4, 0.5) is 5.69 Å². The Morgan fingerprint density at radius 2 is 2.08 bits per heavy atom. The van der Waals surface area contributed by atoms with Crippen molar-refractivity contribution in [3.63, 3.8) is 0 Å². The van der Waals surface area contributed by atoms with Crippen molar-refractivity contribution in [2.24, 2.45) is 0 Å². The van der Waals surface area contributed by atoms with Crippen molar-refractivity contribution < 1.29 is 4.79 Å². The third kappa shape index (κ3) is 2.08. The molecule has 0 unspecified atom stereocenters. The van der Waals surface area contributed by atoms with E-state index in [2.05, 4.69) is 6.92 Å². The zero-order valence-electron chi connectivity index (χ0n) is 8.13. The van der Waals surface area contributed by atoms with Crippen LogP contribution in [0.25, 0.3) is 0 Å². The molecule has 0 aliphatic rings. The lowest BCUT2D eigenvalue weighted by molar-refractivity contribution is 0.0989. The normalized spacial score (nSPS) is 10.0. The topological polar surface area (TPSA) is 43.1 Å². The minimum absolute atomic E-state index is 0.118. The molecule has 0 radical (unpaired) electrons. The van der Waals surface area contributed by atoms with E-state index in [1.165, 1.54) is 0 Å². The molecule has 2 heteroatoms. The summed E-state index contributed by atoms with van der Waals surface area (Å²) in [4.78, 5) is 11.4. The molecule has 0 aliphatic heterocycles. The minimum atomic E-state index is 0.118. The highest BCUT2D eigenvalue weighted by atomic mass is 16.1. The van der Waals surface area contributed by atoms with Crippen LogP contribution >= 0.6 is 0 Å². The molecule has 0 saturated heterocycles. The molecule has 1 aromatic rings. The second-order valence-corrected chi connectivity index (χ2v) is 3.05. The predicted molar refractivity (Wildman–Crippen MR) is 54.9 cm³/mol. The third-order valence-corrected chi connectivity index (χ3v) is 2.15. The van der Waals surface area contributed by atoms with E-state index in [1.807, 2.05) is 25.1 Å².